The van der Waals surface area contributed by atoms with E-state index in [0.29, 0.717) is 18.5 Å². The number of aromatic nitrogens is 1. The predicted molar refractivity (Wildman–Crippen MR) is 58.8 cm³/mol. The Morgan fingerprint density at radius 2 is 2.29 bits per heavy atom. The Labute approximate surface area is 85.7 Å². The maximum atomic E-state index is 5.66. The van der Waals surface area contributed by atoms with Gasteiger partial charge in [0.1, 0.15) is 0 Å². The molecular weight excluding hydrogens is 174 g/mol. The fourth-order valence-corrected chi connectivity index (χ4v) is 1.34. The van der Waals surface area contributed by atoms with Crippen LogP contribution in [-0.2, 0) is 6.54 Å². The molecule has 78 valence electrons. The molecule has 3 nitrogen and oxygen atoms in total. The molecule has 0 aliphatic rings. The molecule has 1 unspecified atom stereocenters. The lowest BCUT2D eigenvalue weighted by Crippen LogP contribution is -2.39. The standard InChI is InChI=1S/C11H19N3/c1-9(2)11(6-12)14-8-10-4-3-5-13-7-10/h3-5,7,9,11,14H,6,8,12H2,1-2H3. The molecule has 0 fully saturated rings. The van der Waals surface area contributed by atoms with E-state index in [2.05, 4.69) is 30.2 Å². The van der Waals surface area contributed by atoms with Crippen LogP contribution in [0, 0.1) is 5.92 Å². The number of hydrogen-bond donors (Lipinski definition) is 2. The summed E-state index contributed by atoms with van der Waals surface area (Å²) >= 11 is 0. The summed E-state index contributed by atoms with van der Waals surface area (Å²) in [6.45, 7) is 5.87. The van der Waals surface area contributed by atoms with Crippen molar-refractivity contribution in [3.05, 3.63) is 30.1 Å². The molecule has 1 rings (SSSR count). The topological polar surface area (TPSA) is 50.9 Å². The molecule has 1 heterocycles. The van der Waals surface area contributed by atoms with E-state index < -0.39 is 0 Å². The van der Waals surface area contributed by atoms with Gasteiger partial charge in [-0.15, -0.1) is 0 Å². The van der Waals surface area contributed by atoms with Gasteiger partial charge in [0.05, 0.1) is 0 Å². The summed E-state index contributed by atoms with van der Waals surface area (Å²) in [4.78, 5) is 4.06. The van der Waals surface area contributed by atoms with E-state index in [1.54, 1.807) is 6.20 Å². The first-order chi connectivity index (χ1) is 6.74. The van der Waals surface area contributed by atoms with Gasteiger partial charge in [0.2, 0.25) is 0 Å². The normalized spacial score (nSPS) is 13.1. The highest BCUT2D eigenvalue weighted by Crippen LogP contribution is 2.02. The summed E-state index contributed by atoms with van der Waals surface area (Å²) < 4.78 is 0. The minimum absolute atomic E-state index is 0.384. The first-order valence-electron chi connectivity index (χ1n) is 5.06. The molecule has 1 atom stereocenters. The lowest BCUT2D eigenvalue weighted by Gasteiger charge is -2.20. The zero-order valence-electron chi connectivity index (χ0n) is 8.90. The van der Waals surface area contributed by atoms with Gasteiger partial charge < -0.3 is 11.1 Å². The molecule has 1 aromatic rings. The first kappa shape index (κ1) is 11.1. The van der Waals surface area contributed by atoms with Crippen LogP contribution in [0.25, 0.3) is 0 Å². The van der Waals surface area contributed by atoms with Crippen LogP contribution in [-0.4, -0.2) is 17.6 Å². The van der Waals surface area contributed by atoms with Crippen LogP contribution in [0.5, 0.6) is 0 Å². The van der Waals surface area contributed by atoms with Gasteiger partial charge in [0, 0.05) is 31.5 Å². The van der Waals surface area contributed by atoms with E-state index >= 15 is 0 Å². The van der Waals surface area contributed by atoms with E-state index in [1.165, 1.54) is 5.56 Å². The van der Waals surface area contributed by atoms with Crippen LogP contribution in [0.15, 0.2) is 24.5 Å². The lowest BCUT2D eigenvalue weighted by molar-refractivity contribution is 0.405. The van der Waals surface area contributed by atoms with Crippen molar-refractivity contribution in [3.63, 3.8) is 0 Å². The maximum absolute atomic E-state index is 5.66. The molecule has 0 aliphatic heterocycles. The molecule has 0 amide bonds. The van der Waals surface area contributed by atoms with E-state index in [0.717, 1.165) is 6.54 Å². The van der Waals surface area contributed by atoms with Gasteiger partial charge >= 0.3 is 0 Å². The Morgan fingerprint density at radius 3 is 2.79 bits per heavy atom. The summed E-state index contributed by atoms with van der Waals surface area (Å²) in [5.41, 5.74) is 6.86. The Morgan fingerprint density at radius 1 is 1.50 bits per heavy atom. The molecule has 1 aromatic heterocycles. The average Bonchev–Trinajstić information content (AvgIpc) is 2.20. The second-order valence-electron chi connectivity index (χ2n) is 3.83. The van der Waals surface area contributed by atoms with Crippen molar-refractivity contribution in [3.8, 4) is 0 Å². The van der Waals surface area contributed by atoms with Gasteiger partial charge in [-0.2, -0.15) is 0 Å². The van der Waals surface area contributed by atoms with Gasteiger partial charge in [-0.05, 0) is 17.5 Å². The van der Waals surface area contributed by atoms with Crippen molar-refractivity contribution in [2.75, 3.05) is 6.54 Å². The largest absolute Gasteiger partial charge is 0.329 e. The summed E-state index contributed by atoms with van der Waals surface area (Å²) in [7, 11) is 0. The quantitative estimate of drug-likeness (QED) is 0.737. The lowest BCUT2D eigenvalue weighted by atomic mass is 10.0. The second-order valence-corrected chi connectivity index (χ2v) is 3.83. The number of nitrogens with two attached hydrogens (primary N) is 1. The van der Waals surface area contributed by atoms with Gasteiger partial charge in [0.25, 0.3) is 0 Å². The molecule has 0 radical (unpaired) electrons. The molecular formula is C11H19N3. The molecule has 0 saturated carbocycles. The van der Waals surface area contributed by atoms with E-state index in [1.807, 2.05) is 12.3 Å². The fourth-order valence-electron chi connectivity index (χ4n) is 1.34. The van der Waals surface area contributed by atoms with Crippen molar-refractivity contribution in [1.82, 2.24) is 10.3 Å². The third kappa shape index (κ3) is 3.44. The summed E-state index contributed by atoms with van der Waals surface area (Å²) in [5.74, 6) is 0.566. The molecule has 0 spiro atoms. The first-order valence-corrected chi connectivity index (χ1v) is 5.06. The van der Waals surface area contributed by atoms with E-state index in [9.17, 15) is 0 Å². The van der Waals surface area contributed by atoms with Crippen LogP contribution in [0.1, 0.15) is 19.4 Å². The molecule has 3 N–H and O–H groups in total. The zero-order chi connectivity index (χ0) is 10.4. The highest BCUT2D eigenvalue weighted by atomic mass is 14.9. The van der Waals surface area contributed by atoms with Crippen LogP contribution in [0.4, 0.5) is 0 Å². The molecule has 0 saturated heterocycles. The number of nitrogens with one attached hydrogen (secondary N) is 1. The van der Waals surface area contributed by atoms with Gasteiger partial charge in [-0.1, -0.05) is 19.9 Å². The highest BCUT2D eigenvalue weighted by Gasteiger charge is 2.09. The fraction of sp³-hybridized carbons (Fsp3) is 0.545. The Balaban J connectivity index is 2.40. The minimum Gasteiger partial charge on any atom is -0.329 e. The minimum atomic E-state index is 0.384. The number of nitrogens with zero attached hydrogens (tertiary/aromatic N) is 1. The Kier molecular flexibility index (Phi) is 4.56. The van der Waals surface area contributed by atoms with Crippen LogP contribution >= 0.6 is 0 Å². The third-order valence-corrected chi connectivity index (χ3v) is 2.35. The monoisotopic (exact) mass is 193 g/mol. The smallest absolute Gasteiger partial charge is 0.0312 e. The highest BCUT2D eigenvalue weighted by molar-refractivity contribution is 5.08. The molecule has 0 aliphatic carbocycles. The van der Waals surface area contributed by atoms with Crippen molar-refractivity contribution >= 4 is 0 Å². The van der Waals surface area contributed by atoms with Crippen molar-refractivity contribution in [2.45, 2.75) is 26.4 Å². The number of pyridine rings is 1. The zero-order valence-corrected chi connectivity index (χ0v) is 8.90. The summed E-state index contributed by atoms with van der Waals surface area (Å²) in [6.07, 6.45) is 3.66. The van der Waals surface area contributed by atoms with Crippen molar-refractivity contribution < 1.29 is 0 Å². The van der Waals surface area contributed by atoms with Crippen LogP contribution < -0.4 is 11.1 Å². The summed E-state index contributed by atoms with van der Waals surface area (Å²) in [5, 5.41) is 3.42. The molecule has 0 aromatic carbocycles. The van der Waals surface area contributed by atoms with E-state index in [-0.39, 0.29) is 0 Å². The van der Waals surface area contributed by atoms with Crippen molar-refractivity contribution in [2.24, 2.45) is 11.7 Å². The third-order valence-electron chi connectivity index (χ3n) is 2.35. The number of rotatable bonds is 5. The molecule has 14 heavy (non-hydrogen) atoms. The molecule has 3 heteroatoms. The second kappa shape index (κ2) is 5.73. The summed E-state index contributed by atoms with van der Waals surface area (Å²) in [6, 6.07) is 4.40. The number of hydrogen-bond acceptors (Lipinski definition) is 3. The van der Waals surface area contributed by atoms with Crippen molar-refractivity contribution in [1.29, 1.82) is 0 Å². The Bertz CT molecular complexity index is 246. The average molecular weight is 193 g/mol. The maximum Gasteiger partial charge on any atom is 0.0312 e. The van der Waals surface area contributed by atoms with Gasteiger partial charge in [-0.25, -0.2) is 0 Å². The van der Waals surface area contributed by atoms with Gasteiger partial charge in [0.15, 0.2) is 0 Å². The van der Waals surface area contributed by atoms with E-state index in [4.69, 9.17) is 5.73 Å². The Hall–Kier alpha value is -0.930. The SMILES string of the molecule is CC(C)C(CN)NCc1cccnc1. The van der Waals surface area contributed by atoms with Gasteiger partial charge in [-0.3, -0.25) is 4.98 Å². The van der Waals surface area contributed by atoms with Crippen LogP contribution in [0.2, 0.25) is 0 Å². The molecule has 0 bridgehead atoms. The van der Waals surface area contributed by atoms with Crippen LogP contribution in [0.3, 0.4) is 0 Å². The predicted octanol–water partition coefficient (Wildman–Crippen LogP) is 1.15.